The molecule has 0 bridgehead atoms. The van der Waals surface area contributed by atoms with Crippen molar-refractivity contribution in [2.45, 2.75) is 0 Å². The summed E-state index contributed by atoms with van der Waals surface area (Å²) in [5.41, 5.74) is 2.69. The van der Waals surface area contributed by atoms with Crippen molar-refractivity contribution in [2.75, 3.05) is 24.9 Å². The molecule has 5 aromatic carbocycles. The van der Waals surface area contributed by atoms with Crippen LogP contribution in [0.15, 0.2) is 121 Å². The van der Waals surface area contributed by atoms with Crippen molar-refractivity contribution in [2.24, 2.45) is 0 Å². The van der Waals surface area contributed by atoms with E-state index in [9.17, 15) is 19.2 Å². The number of hydrogen-bond acceptors (Lipinski definition) is 6. The van der Waals surface area contributed by atoms with Gasteiger partial charge in [-0.15, -0.1) is 0 Å². The number of nitrogens with one attached hydrogen (secondary N) is 2. The standard InChI is InChI=1S/C36H28N2O6/c1-43-27-17-19-31(29(21-27)33(39)23-9-5-3-6-10-23)37-35(41)25-13-15-26(16-14-25)36(42)38-32-20-18-28(44-2)22-30(32)34(40)24-11-7-4-8-12-24/h3-22H,1-2H3,(H,37,41)(H,38,42). The summed E-state index contributed by atoms with van der Waals surface area (Å²) in [6, 6.07) is 33.2. The Morgan fingerprint density at radius 2 is 0.818 bits per heavy atom. The third-order valence-electron chi connectivity index (χ3n) is 6.92. The molecule has 8 nitrogen and oxygen atoms in total. The molecule has 5 aromatic rings. The molecule has 0 aromatic heterocycles. The minimum absolute atomic E-state index is 0.268. The first-order valence-electron chi connectivity index (χ1n) is 13.7. The Labute approximate surface area is 254 Å². The first kappa shape index (κ1) is 29.5. The van der Waals surface area contributed by atoms with E-state index in [1.165, 1.54) is 38.5 Å². The monoisotopic (exact) mass is 584 g/mol. The van der Waals surface area contributed by atoms with Gasteiger partial charge in [0.2, 0.25) is 0 Å². The lowest BCUT2D eigenvalue weighted by atomic mass is 10.0. The number of rotatable bonds is 10. The van der Waals surface area contributed by atoms with Crippen molar-refractivity contribution in [1.82, 2.24) is 0 Å². The van der Waals surface area contributed by atoms with Crippen LogP contribution < -0.4 is 20.1 Å². The number of ether oxygens (including phenoxy) is 2. The average molecular weight is 585 g/mol. The minimum atomic E-state index is -0.463. The van der Waals surface area contributed by atoms with Crippen molar-refractivity contribution in [3.63, 3.8) is 0 Å². The number of carbonyl (C=O) groups is 4. The molecule has 0 radical (unpaired) electrons. The number of anilines is 2. The van der Waals surface area contributed by atoms with Crippen LogP contribution in [0.25, 0.3) is 0 Å². The second-order valence-electron chi connectivity index (χ2n) is 9.70. The Morgan fingerprint density at radius 1 is 0.455 bits per heavy atom. The van der Waals surface area contributed by atoms with Crippen LogP contribution in [0.2, 0.25) is 0 Å². The SMILES string of the molecule is COc1ccc(NC(=O)c2ccc(C(=O)Nc3ccc(OC)cc3C(=O)c3ccccc3)cc2)c(C(=O)c2ccccc2)c1. The molecule has 0 aliphatic heterocycles. The highest BCUT2D eigenvalue weighted by Crippen LogP contribution is 2.27. The molecule has 0 unspecified atom stereocenters. The van der Waals surface area contributed by atoms with E-state index in [1.807, 2.05) is 12.1 Å². The Morgan fingerprint density at radius 3 is 1.16 bits per heavy atom. The van der Waals surface area contributed by atoms with E-state index in [0.29, 0.717) is 34.0 Å². The fourth-order valence-corrected chi connectivity index (χ4v) is 4.55. The van der Waals surface area contributed by atoms with E-state index in [2.05, 4.69) is 10.6 Å². The lowest BCUT2D eigenvalue weighted by molar-refractivity contribution is 0.101. The summed E-state index contributed by atoms with van der Waals surface area (Å²) >= 11 is 0. The average Bonchev–Trinajstić information content (AvgIpc) is 3.08. The number of amides is 2. The van der Waals surface area contributed by atoms with E-state index in [4.69, 9.17) is 9.47 Å². The van der Waals surface area contributed by atoms with Crippen LogP contribution >= 0.6 is 0 Å². The van der Waals surface area contributed by atoms with Crippen LogP contribution in [0.3, 0.4) is 0 Å². The molecule has 0 heterocycles. The van der Waals surface area contributed by atoms with Crippen LogP contribution in [0, 0.1) is 0 Å². The molecule has 0 aliphatic carbocycles. The van der Waals surface area contributed by atoms with Crippen molar-refractivity contribution in [3.8, 4) is 11.5 Å². The molecule has 0 aliphatic rings. The molecule has 44 heavy (non-hydrogen) atoms. The van der Waals surface area contributed by atoms with Gasteiger partial charge >= 0.3 is 0 Å². The Balaban J connectivity index is 1.34. The first-order chi connectivity index (χ1) is 21.4. The van der Waals surface area contributed by atoms with Crippen LogP contribution in [0.1, 0.15) is 52.6 Å². The fourth-order valence-electron chi connectivity index (χ4n) is 4.55. The summed E-state index contributed by atoms with van der Waals surface area (Å²) in [4.78, 5) is 52.8. The number of ketones is 2. The Bertz CT molecular complexity index is 1700. The van der Waals surface area contributed by atoms with Gasteiger partial charge in [-0.1, -0.05) is 60.7 Å². The highest BCUT2D eigenvalue weighted by atomic mass is 16.5. The van der Waals surface area contributed by atoms with E-state index in [1.54, 1.807) is 84.9 Å². The zero-order chi connectivity index (χ0) is 31.1. The molecular weight excluding hydrogens is 556 g/mol. The van der Waals surface area contributed by atoms with E-state index >= 15 is 0 Å². The van der Waals surface area contributed by atoms with Crippen LogP contribution in [-0.2, 0) is 0 Å². The minimum Gasteiger partial charge on any atom is -0.497 e. The molecule has 8 heteroatoms. The van der Waals surface area contributed by atoms with Gasteiger partial charge in [0.1, 0.15) is 11.5 Å². The maximum absolute atomic E-state index is 13.2. The van der Waals surface area contributed by atoms with Crippen LogP contribution in [-0.4, -0.2) is 37.6 Å². The lowest BCUT2D eigenvalue weighted by Crippen LogP contribution is -2.17. The van der Waals surface area contributed by atoms with Crippen molar-refractivity contribution in [3.05, 3.63) is 155 Å². The summed E-state index contributed by atoms with van der Waals surface area (Å²) in [5.74, 6) is -0.512. The van der Waals surface area contributed by atoms with Gasteiger partial charge in [0.05, 0.1) is 25.6 Å². The number of methoxy groups -OCH3 is 2. The predicted molar refractivity (Wildman–Crippen MR) is 168 cm³/mol. The molecule has 0 atom stereocenters. The number of hydrogen-bond donors (Lipinski definition) is 2. The third-order valence-corrected chi connectivity index (χ3v) is 6.92. The van der Waals surface area contributed by atoms with Gasteiger partial charge in [0.25, 0.3) is 11.8 Å². The second kappa shape index (κ2) is 13.3. The largest absolute Gasteiger partial charge is 0.497 e. The zero-order valence-corrected chi connectivity index (χ0v) is 24.0. The fraction of sp³-hybridized carbons (Fsp3) is 0.0556. The van der Waals surface area contributed by atoms with Gasteiger partial charge in [0.15, 0.2) is 11.6 Å². The molecule has 2 N–H and O–H groups in total. The molecule has 0 spiro atoms. The number of carbonyl (C=O) groups excluding carboxylic acids is 4. The summed E-state index contributed by atoms with van der Waals surface area (Å²) < 4.78 is 10.6. The van der Waals surface area contributed by atoms with E-state index in [0.717, 1.165) is 0 Å². The quantitative estimate of drug-likeness (QED) is 0.177. The molecule has 0 fully saturated rings. The molecular formula is C36H28N2O6. The number of benzene rings is 5. The zero-order valence-electron chi connectivity index (χ0n) is 24.0. The summed E-state index contributed by atoms with van der Waals surface area (Å²) in [6.45, 7) is 0. The molecule has 218 valence electrons. The molecule has 0 saturated carbocycles. The van der Waals surface area contributed by atoms with Crippen LogP contribution in [0.4, 0.5) is 11.4 Å². The van der Waals surface area contributed by atoms with Gasteiger partial charge in [-0.2, -0.15) is 0 Å². The van der Waals surface area contributed by atoms with E-state index in [-0.39, 0.29) is 33.8 Å². The Kier molecular flexibility index (Phi) is 8.91. The van der Waals surface area contributed by atoms with Gasteiger partial charge in [-0.25, -0.2) is 0 Å². The van der Waals surface area contributed by atoms with E-state index < -0.39 is 11.8 Å². The summed E-state index contributed by atoms with van der Waals surface area (Å²) in [5, 5.41) is 5.60. The summed E-state index contributed by atoms with van der Waals surface area (Å²) in [6.07, 6.45) is 0. The topological polar surface area (TPSA) is 111 Å². The second-order valence-corrected chi connectivity index (χ2v) is 9.70. The Hall–Kier alpha value is -6.02. The first-order valence-corrected chi connectivity index (χ1v) is 13.7. The highest BCUT2D eigenvalue weighted by Gasteiger charge is 2.19. The summed E-state index contributed by atoms with van der Waals surface area (Å²) in [7, 11) is 3.00. The van der Waals surface area contributed by atoms with Gasteiger partial charge in [-0.05, 0) is 60.7 Å². The predicted octanol–water partition coefficient (Wildman–Crippen LogP) is 6.67. The molecule has 0 saturated heterocycles. The third kappa shape index (κ3) is 6.55. The van der Waals surface area contributed by atoms with Gasteiger partial charge in [0, 0.05) is 33.4 Å². The smallest absolute Gasteiger partial charge is 0.255 e. The van der Waals surface area contributed by atoms with Crippen molar-refractivity contribution >= 4 is 34.8 Å². The van der Waals surface area contributed by atoms with Gasteiger partial charge in [-0.3, -0.25) is 19.2 Å². The lowest BCUT2D eigenvalue weighted by Gasteiger charge is -2.13. The maximum Gasteiger partial charge on any atom is 0.255 e. The maximum atomic E-state index is 13.2. The van der Waals surface area contributed by atoms with Gasteiger partial charge < -0.3 is 20.1 Å². The molecule has 2 amide bonds. The normalized spacial score (nSPS) is 10.4. The highest BCUT2D eigenvalue weighted by molar-refractivity contribution is 6.17. The van der Waals surface area contributed by atoms with Crippen LogP contribution in [0.5, 0.6) is 11.5 Å². The van der Waals surface area contributed by atoms with Crippen molar-refractivity contribution in [1.29, 1.82) is 0 Å². The molecule has 5 rings (SSSR count). The van der Waals surface area contributed by atoms with Crippen molar-refractivity contribution < 1.29 is 28.7 Å².